The molecule has 0 amide bonds. The van der Waals surface area contributed by atoms with Crippen LogP contribution < -0.4 is 4.72 Å². The van der Waals surface area contributed by atoms with Crippen LogP contribution in [0.4, 0.5) is 0 Å². The summed E-state index contributed by atoms with van der Waals surface area (Å²) in [6, 6.07) is 0. The molecule has 74 valence electrons. The van der Waals surface area contributed by atoms with E-state index in [4.69, 9.17) is 4.74 Å². The summed E-state index contributed by atoms with van der Waals surface area (Å²) in [5, 5.41) is 0. The molecule has 0 rings (SSSR count). The van der Waals surface area contributed by atoms with Crippen molar-refractivity contribution < 1.29 is 13.2 Å². The zero-order chi connectivity index (χ0) is 9.61. The maximum absolute atomic E-state index is 11.1. The number of hydrogen-bond donors (Lipinski definition) is 1. The Morgan fingerprint density at radius 3 is 2.42 bits per heavy atom. The van der Waals surface area contributed by atoms with Gasteiger partial charge in [-0.1, -0.05) is 13.3 Å². The molecule has 0 aliphatic rings. The first-order valence-electron chi connectivity index (χ1n) is 3.99. The van der Waals surface area contributed by atoms with Crippen LogP contribution in [0.2, 0.25) is 0 Å². The Morgan fingerprint density at radius 1 is 1.50 bits per heavy atom. The van der Waals surface area contributed by atoms with Gasteiger partial charge in [0.05, 0.1) is 11.9 Å². The molecule has 1 unspecified atom stereocenters. The van der Waals surface area contributed by atoms with Gasteiger partial charge >= 0.3 is 0 Å². The average Bonchev–Trinajstić information content (AvgIpc) is 2.03. The third-order valence-electron chi connectivity index (χ3n) is 1.66. The van der Waals surface area contributed by atoms with Crippen molar-refractivity contribution in [3.63, 3.8) is 0 Å². The molecule has 0 spiro atoms. The summed E-state index contributed by atoms with van der Waals surface area (Å²) in [5.41, 5.74) is 0. The van der Waals surface area contributed by atoms with Gasteiger partial charge in [-0.15, -0.1) is 0 Å². The monoisotopic (exact) mass is 195 g/mol. The van der Waals surface area contributed by atoms with Crippen LogP contribution in [-0.4, -0.2) is 34.4 Å². The van der Waals surface area contributed by atoms with Crippen molar-refractivity contribution in [3.8, 4) is 0 Å². The van der Waals surface area contributed by atoms with Crippen molar-refractivity contribution in [2.24, 2.45) is 0 Å². The van der Waals surface area contributed by atoms with E-state index in [-0.39, 0.29) is 11.9 Å². The van der Waals surface area contributed by atoms with E-state index in [2.05, 4.69) is 4.72 Å². The fraction of sp³-hybridized carbons (Fsp3) is 1.00. The van der Waals surface area contributed by atoms with Gasteiger partial charge in [-0.3, -0.25) is 0 Å². The zero-order valence-corrected chi connectivity index (χ0v) is 8.65. The van der Waals surface area contributed by atoms with E-state index in [1.165, 1.54) is 14.2 Å². The Morgan fingerprint density at radius 2 is 2.08 bits per heavy atom. The second-order valence-corrected chi connectivity index (χ2v) is 4.60. The molecule has 0 aromatic rings. The maximum atomic E-state index is 11.1. The lowest BCUT2D eigenvalue weighted by Crippen LogP contribution is -2.30. The number of ether oxygens (including phenoxy) is 1. The second kappa shape index (κ2) is 5.50. The van der Waals surface area contributed by atoms with Gasteiger partial charge in [0.25, 0.3) is 0 Å². The van der Waals surface area contributed by atoms with Gasteiger partial charge in [0.2, 0.25) is 10.0 Å². The summed E-state index contributed by atoms with van der Waals surface area (Å²) < 4.78 is 29.4. The quantitative estimate of drug-likeness (QED) is 0.665. The number of nitrogens with one attached hydrogen (secondary N) is 1. The van der Waals surface area contributed by atoms with Gasteiger partial charge < -0.3 is 4.74 Å². The third kappa shape index (κ3) is 4.69. The van der Waals surface area contributed by atoms with Crippen LogP contribution in [0.25, 0.3) is 0 Å². The Balaban J connectivity index is 4.02. The highest BCUT2D eigenvalue weighted by molar-refractivity contribution is 7.89. The highest BCUT2D eigenvalue weighted by Crippen LogP contribution is 2.03. The highest BCUT2D eigenvalue weighted by Gasteiger charge is 2.15. The summed E-state index contributed by atoms with van der Waals surface area (Å²) in [4.78, 5) is 0. The minimum Gasteiger partial charge on any atom is -0.380 e. The fourth-order valence-corrected chi connectivity index (χ4v) is 1.88. The molecule has 0 saturated carbocycles. The van der Waals surface area contributed by atoms with Crippen LogP contribution in [0.1, 0.15) is 19.8 Å². The lowest BCUT2D eigenvalue weighted by atomic mass is 10.2. The molecule has 1 atom stereocenters. The molecule has 0 aliphatic carbocycles. The normalized spacial score (nSPS) is 14.6. The minimum atomic E-state index is -3.13. The molecule has 0 radical (unpaired) electrons. The van der Waals surface area contributed by atoms with E-state index in [0.29, 0.717) is 0 Å². The van der Waals surface area contributed by atoms with Crippen LogP contribution in [0.3, 0.4) is 0 Å². The van der Waals surface area contributed by atoms with E-state index < -0.39 is 10.0 Å². The fourth-order valence-electron chi connectivity index (χ4n) is 0.919. The van der Waals surface area contributed by atoms with Crippen molar-refractivity contribution in [1.82, 2.24) is 4.72 Å². The molecule has 0 fully saturated rings. The van der Waals surface area contributed by atoms with E-state index in [1.54, 1.807) is 0 Å². The van der Waals surface area contributed by atoms with E-state index in [1.807, 2.05) is 6.92 Å². The van der Waals surface area contributed by atoms with E-state index in [9.17, 15) is 8.42 Å². The first kappa shape index (κ1) is 11.9. The molecule has 4 nitrogen and oxygen atoms in total. The Bertz CT molecular complexity index is 201. The lowest BCUT2D eigenvalue weighted by molar-refractivity contribution is 0.112. The number of rotatable bonds is 6. The topological polar surface area (TPSA) is 55.4 Å². The van der Waals surface area contributed by atoms with Gasteiger partial charge in [0.15, 0.2) is 0 Å². The van der Waals surface area contributed by atoms with Crippen molar-refractivity contribution in [2.75, 3.05) is 19.9 Å². The van der Waals surface area contributed by atoms with Crippen molar-refractivity contribution in [1.29, 1.82) is 0 Å². The molecule has 0 aromatic heterocycles. The standard InChI is InChI=1S/C7H17NO3S/c1-4-5-7(11-3)6-12(9,10)8-2/h7-8H,4-6H2,1-3H3. The van der Waals surface area contributed by atoms with Gasteiger partial charge in [0.1, 0.15) is 0 Å². The SMILES string of the molecule is CCCC(CS(=O)(=O)NC)OC. The predicted molar refractivity (Wildman–Crippen MR) is 48.6 cm³/mol. The van der Waals surface area contributed by atoms with Crippen LogP contribution >= 0.6 is 0 Å². The Kier molecular flexibility index (Phi) is 5.44. The first-order valence-corrected chi connectivity index (χ1v) is 5.65. The van der Waals surface area contributed by atoms with E-state index in [0.717, 1.165) is 12.8 Å². The van der Waals surface area contributed by atoms with Gasteiger partial charge in [-0.25, -0.2) is 13.1 Å². The highest BCUT2D eigenvalue weighted by atomic mass is 32.2. The van der Waals surface area contributed by atoms with Crippen molar-refractivity contribution in [2.45, 2.75) is 25.9 Å². The van der Waals surface area contributed by atoms with E-state index >= 15 is 0 Å². The molecular weight excluding hydrogens is 178 g/mol. The van der Waals surface area contributed by atoms with Crippen molar-refractivity contribution in [3.05, 3.63) is 0 Å². The molecule has 12 heavy (non-hydrogen) atoms. The average molecular weight is 195 g/mol. The number of hydrogen-bond acceptors (Lipinski definition) is 3. The zero-order valence-electron chi connectivity index (χ0n) is 7.83. The molecule has 0 bridgehead atoms. The lowest BCUT2D eigenvalue weighted by Gasteiger charge is -2.13. The third-order valence-corrected chi connectivity index (χ3v) is 3.09. The summed E-state index contributed by atoms with van der Waals surface area (Å²) in [6.07, 6.45) is 1.52. The van der Waals surface area contributed by atoms with Crippen LogP contribution in [0, 0.1) is 0 Å². The number of sulfonamides is 1. The van der Waals surface area contributed by atoms with Crippen LogP contribution in [0.15, 0.2) is 0 Å². The largest absolute Gasteiger partial charge is 0.380 e. The first-order chi connectivity index (χ1) is 5.55. The Hall–Kier alpha value is -0.130. The van der Waals surface area contributed by atoms with Crippen LogP contribution in [-0.2, 0) is 14.8 Å². The molecule has 1 N–H and O–H groups in total. The molecular formula is C7H17NO3S. The summed E-state index contributed by atoms with van der Waals surface area (Å²) in [7, 11) is -0.184. The predicted octanol–water partition coefficient (Wildman–Crippen LogP) is 0.351. The van der Waals surface area contributed by atoms with Gasteiger partial charge in [-0.2, -0.15) is 0 Å². The maximum Gasteiger partial charge on any atom is 0.213 e. The van der Waals surface area contributed by atoms with Crippen LogP contribution in [0.5, 0.6) is 0 Å². The molecule has 0 aromatic carbocycles. The summed E-state index contributed by atoms with van der Waals surface area (Å²) in [5.74, 6) is 0.0494. The summed E-state index contributed by atoms with van der Waals surface area (Å²) in [6.45, 7) is 2.00. The van der Waals surface area contributed by atoms with Gasteiger partial charge in [0, 0.05) is 7.11 Å². The molecule has 0 saturated heterocycles. The van der Waals surface area contributed by atoms with Crippen molar-refractivity contribution >= 4 is 10.0 Å². The Labute approximate surface area is 74.4 Å². The smallest absolute Gasteiger partial charge is 0.213 e. The second-order valence-electron chi connectivity index (χ2n) is 2.63. The molecule has 0 heterocycles. The molecule has 0 aliphatic heterocycles. The molecule has 5 heteroatoms. The number of methoxy groups -OCH3 is 1. The van der Waals surface area contributed by atoms with Gasteiger partial charge in [-0.05, 0) is 13.5 Å². The summed E-state index contributed by atoms with van der Waals surface area (Å²) >= 11 is 0. The minimum absolute atomic E-state index is 0.0494.